The second-order valence-corrected chi connectivity index (χ2v) is 20.1. The van der Waals surface area contributed by atoms with Crippen LogP contribution in [0.4, 0.5) is 5.82 Å². The van der Waals surface area contributed by atoms with Gasteiger partial charge in [0.2, 0.25) is 0 Å². The fourth-order valence-corrected chi connectivity index (χ4v) is 9.48. The lowest BCUT2D eigenvalue weighted by molar-refractivity contribution is -0.221. The molecule has 16 heteroatoms. The number of nitriles is 1. The Morgan fingerprint density at radius 1 is 0.877 bits per heavy atom. The monoisotopic (exact) mass is 959 g/mol. The number of unbranched alkanes of at least 4 members (excludes halogenated alkanes) is 15. The van der Waals surface area contributed by atoms with E-state index in [2.05, 4.69) is 23.1 Å². The second-order valence-electron chi connectivity index (χ2n) is 17.6. The predicted molar refractivity (Wildman–Crippen MR) is 258 cm³/mol. The number of phosphoric acid groups is 1. The molecule has 0 aliphatic rings. The Bertz CT molecular complexity index is 2100. The number of rotatable bonds is 34. The van der Waals surface area contributed by atoms with Crippen molar-refractivity contribution in [1.82, 2.24) is 14.6 Å². The standard InChI is InChI=1S/C49H72Cl2N5O8P/c1-6-7-8-9-10-11-12-13-14-15-16-17-18-19-20-21-24-41(60-34-39-29-38(33-52)30-40(50)31-39)35-61-65(58,64-45-26-23-22-25-42(45)51)62-36-49(4,59-5)32-46(63-48(2,3)57)43-27-28-44-47(53)54-37-55-56(43)44/h22-23,25-31,37,41,46,57H,6-21,24,32,34-36H2,1-5H3,(H2,53,54,55)/t41-,46-,49+,65?/m1/s1. The first-order chi connectivity index (χ1) is 31.2. The molecular weight excluding hydrogens is 888 g/mol. The van der Waals surface area contributed by atoms with Gasteiger partial charge in [0, 0.05) is 18.6 Å². The van der Waals surface area contributed by atoms with E-state index in [0.717, 1.165) is 24.8 Å². The molecule has 65 heavy (non-hydrogen) atoms. The van der Waals surface area contributed by atoms with E-state index in [1.807, 2.05) is 0 Å². The van der Waals surface area contributed by atoms with Crippen molar-refractivity contribution >= 4 is 42.4 Å². The first-order valence-corrected chi connectivity index (χ1v) is 25.6. The number of aliphatic hydroxyl groups is 1. The number of nitrogens with zero attached hydrogens (tertiary/aromatic N) is 4. The summed E-state index contributed by atoms with van der Waals surface area (Å²) in [5.74, 6) is -1.18. The maximum Gasteiger partial charge on any atom is 0.530 e. The van der Waals surface area contributed by atoms with Crippen LogP contribution in [0.5, 0.6) is 5.75 Å². The summed E-state index contributed by atoms with van der Waals surface area (Å²) in [4.78, 5) is 4.08. The average Bonchev–Trinajstić information content (AvgIpc) is 3.72. The largest absolute Gasteiger partial charge is 0.530 e. The second kappa shape index (κ2) is 28.1. The Balaban J connectivity index is 1.42. The zero-order valence-electron chi connectivity index (χ0n) is 39.2. The number of fused-ring (bicyclic) bond motifs is 1. The number of nitrogen functional groups attached to an aromatic ring is 1. The number of nitrogens with two attached hydrogens (primary N) is 1. The number of methoxy groups -OCH3 is 1. The summed E-state index contributed by atoms with van der Waals surface area (Å²) in [6.07, 6.45) is 20.9. The Morgan fingerprint density at radius 2 is 1.51 bits per heavy atom. The summed E-state index contributed by atoms with van der Waals surface area (Å²) in [5.41, 5.74) is 7.21. The molecule has 3 N–H and O–H groups in total. The van der Waals surface area contributed by atoms with Gasteiger partial charge in [0.25, 0.3) is 0 Å². The first-order valence-electron chi connectivity index (χ1n) is 23.3. The van der Waals surface area contributed by atoms with Gasteiger partial charge in [-0.25, -0.2) is 14.1 Å². The molecule has 0 spiro atoms. The molecule has 0 saturated heterocycles. The van der Waals surface area contributed by atoms with Crippen LogP contribution in [0.2, 0.25) is 10.0 Å². The number of aromatic nitrogens is 3. The molecule has 1 unspecified atom stereocenters. The van der Waals surface area contributed by atoms with Gasteiger partial charge in [0.05, 0.1) is 53.9 Å². The molecule has 13 nitrogen and oxygen atoms in total. The highest BCUT2D eigenvalue weighted by Crippen LogP contribution is 2.52. The Morgan fingerprint density at radius 3 is 2.11 bits per heavy atom. The van der Waals surface area contributed by atoms with Crippen molar-refractivity contribution < 1.29 is 37.5 Å². The highest BCUT2D eigenvalue weighted by atomic mass is 35.5. The topological polar surface area (TPSA) is 173 Å². The van der Waals surface area contributed by atoms with Crippen LogP contribution in [0, 0.1) is 11.3 Å². The quantitative estimate of drug-likeness (QED) is 0.0258. The van der Waals surface area contributed by atoms with Crippen molar-refractivity contribution in [2.45, 2.75) is 173 Å². The lowest BCUT2D eigenvalue weighted by Crippen LogP contribution is -2.38. The van der Waals surface area contributed by atoms with Gasteiger partial charge in [-0.05, 0) is 75.2 Å². The van der Waals surface area contributed by atoms with Gasteiger partial charge in [-0.2, -0.15) is 10.4 Å². The first kappa shape index (κ1) is 54.3. The molecule has 0 aliphatic heterocycles. The summed E-state index contributed by atoms with van der Waals surface area (Å²) in [5, 5.41) is 25.3. The lowest BCUT2D eigenvalue weighted by atomic mass is 9.97. The summed E-state index contributed by atoms with van der Waals surface area (Å²) in [6, 6.07) is 17.4. The van der Waals surface area contributed by atoms with Crippen LogP contribution in [0.15, 0.2) is 60.9 Å². The van der Waals surface area contributed by atoms with Crippen LogP contribution in [0.1, 0.15) is 166 Å². The molecule has 2 aromatic carbocycles. The molecule has 0 bridgehead atoms. The Hall–Kier alpha value is -3.28. The van der Waals surface area contributed by atoms with Crippen molar-refractivity contribution in [1.29, 1.82) is 5.26 Å². The van der Waals surface area contributed by atoms with Crippen molar-refractivity contribution in [3.8, 4) is 11.8 Å². The average molecular weight is 961 g/mol. The van der Waals surface area contributed by atoms with Gasteiger partial charge >= 0.3 is 7.82 Å². The lowest BCUT2D eigenvalue weighted by Gasteiger charge is -2.35. The third-order valence-electron chi connectivity index (χ3n) is 11.3. The highest BCUT2D eigenvalue weighted by molar-refractivity contribution is 7.49. The number of para-hydroxylation sites is 1. The van der Waals surface area contributed by atoms with E-state index in [1.165, 1.54) is 111 Å². The third kappa shape index (κ3) is 19.8. The molecule has 0 aliphatic carbocycles. The molecular formula is C49H72Cl2N5O8P. The van der Waals surface area contributed by atoms with Crippen LogP contribution < -0.4 is 10.3 Å². The van der Waals surface area contributed by atoms with Gasteiger partial charge in [-0.15, -0.1) is 0 Å². The van der Waals surface area contributed by atoms with Crippen LogP contribution in [0.25, 0.3) is 5.52 Å². The normalized spacial score (nSPS) is 14.8. The number of ether oxygens (including phenoxy) is 3. The van der Waals surface area contributed by atoms with E-state index in [-0.39, 0.29) is 42.8 Å². The van der Waals surface area contributed by atoms with E-state index >= 15 is 0 Å². The fraction of sp³-hybridized carbons (Fsp3) is 0.612. The molecule has 0 saturated carbocycles. The summed E-state index contributed by atoms with van der Waals surface area (Å²) in [6.45, 7) is 6.78. The molecule has 360 valence electrons. The minimum Gasteiger partial charge on any atom is -0.402 e. The fourth-order valence-electron chi connectivity index (χ4n) is 7.63. The predicted octanol–water partition coefficient (Wildman–Crippen LogP) is 13.5. The molecule has 0 fully saturated rings. The summed E-state index contributed by atoms with van der Waals surface area (Å²) in [7, 11) is -2.96. The number of hydrogen-bond acceptors (Lipinski definition) is 12. The summed E-state index contributed by atoms with van der Waals surface area (Å²) >= 11 is 12.8. The molecule has 4 atom stereocenters. The number of anilines is 1. The van der Waals surface area contributed by atoms with Crippen LogP contribution in [-0.4, -0.2) is 57.5 Å². The molecule has 2 aromatic heterocycles. The van der Waals surface area contributed by atoms with E-state index in [1.54, 1.807) is 66.0 Å². The third-order valence-corrected chi connectivity index (χ3v) is 13.2. The van der Waals surface area contributed by atoms with Gasteiger partial charge in [0.15, 0.2) is 11.6 Å². The zero-order valence-corrected chi connectivity index (χ0v) is 41.6. The van der Waals surface area contributed by atoms with Crippen molar-refractivity contribution in [3.05, 3.63) is 87.8 Å². The SMILES string of the molecule is CCCCCCCCCCCCCCCCCC[C@H](COP(=O)(OC[C@](C)(C[C@@H](OC(C)(C)O)c1ccc2c(N)ncnn12)OC)Oc1ccccc1Cl)OCc1cc(Cl)cc(C#N)c1. The van der Waals surface area contributed by atoms with Gasteiger partial charge in [0.1, 0.15) is 23.7 Å². The number of hydrogen-bond donors (Lipinski definition) is 2. The highest BCUT2D eigenvalue weighted by Gasteiger charge is 2.39. The van der Waals surface area contributed by atoms with Crippen LogP contribution in [-0.2, 0) is 34.4 Å². The number of halogens is 2. The number of phosphoric ester groups is 1. The smallest absolute Gasteiger partial charge is 0.402 e. The zero-order chi connectivity index (χ0) is 47.1. The maximum atomic E-state index is 14.8. The maximum absolute atomic E-state index is 14.8. The van der Waals surface area contributed by atoms with E-state index in [0.29, 0.717) is 28.2 Å². The van der Waals surface area contributed by atoms with Crippen molar-refractivity contribution in [2.75, 3.05) is 26.1 Å². The van der Waals surface area contributed by atoms with Gasteiger partial charge in [-0.3, -0.25) is 9.05 Å². The molecule has 0 radical (unpaired) electrons. The molecule has 2 heterocycles. The van der Waals surface area contributed by atoms with E-state index < -0.39 is 31.4 Å². The van der Waals surface area contributed by atoms with E-state index in [9.17, 15) is 14.9 Å². The molecule has 0 amide bonds. The molecule has 4 rings (SSSR count). The van der Waals surface area contributed by atoms with Gasteiger partial charge in [-0.1, -0.05) is 145 Å². The van der Waals surface area contributed by atoms with Crippen molar-refractivity contribution in [2.24, 2.45) is 0 Å². The Labute approximate surface area is 397 Å². The summed E-state index contributed by atoms with van der Waals surface area (Å²) < 4.78 is 53.2. The molecule has 4 aromatic rings. The van der Waals surface area contributed by atoms with Gasteiger partial charge < -0.3 is 29.6 Å². The van der Waals surface area contributed by atoms with Crippen LogP contribution >= 0.6 is 31.0 Å². The minimum atomic E-state index is -4.46. The van der Waals surface area contributed by atoms with Crippen molar-refractivity contribution in [3.63, 3.8) is 0 Å². The van der Waals surface area contributed by atoms with E-state index in [4.69, 9.17) is 56.7 Å². The Kier molecular flexibility index (Phi) is 23.5. The number of benzene rings is 2. The minimum absolute atomic E-state index is 0.102. The van der Waals surface area contributed by atoms with Crippen LogP contribution in [0.3, 0.4) is 0 Å².